The monoisotopic (exact) mass is 466 g/mol. The van der Waals surface area contributed by atoms with Gasteiger partial charge in [0.15, 0.2) is 19.0 Å². The smallest absolute Gasteiger partial charge is 0.265 e. The number of carbonyl (C=O) groups excluding carboxylic acids is 3. The molecule has 1 fully saturated rings. The van der Waals surface area contributed by atoms with E-state index in [1.54, 1.807) is 18.2 Å². The van der Waals surface area contributed by atoms with Gasteiger partial charge in [0, 0.05) is 18.7 Å². The van der Waals surface area contributed by atoms with Crippen LogP contribution in [0, 0.1) is 20.8 Å². The Hall–Kier alpha value is -3.39. The number of ketones is 1. The van der Waals surface area contributed by atoms with Crippen LogP contribution < -0.4 is 19.7 Å². The number of ether oxygens (including phenoxy) is 3. The minimum Gasteiger partial charge on any atom is -0.485 e. The highest BCUT2D eigenvalue weighted by atomic mass is 16.5. The molecule has 0 aliphatic carbocycles. The summed E-state index contributed by atoms with van der Waals surface area (Å²) in [5, 5.41) is 2.83. The lowest BCUT2D eigenvalue weighted by Crippen LogP contribution is -2.46. The van der Waals surface area contributed by atoms with Crippen molar-refractivity contribution >= 4 is 23.3 Å². The standard InChI is InChI=1S/C26H30N2O6/c1-16-9-17(2)18(3)24(10-16)33-14-22(29)19-6-7-23-21(11-19)28(26(31)15-34-23)13-25(30)27-12-20-5-4-8-32-20/h6-7,9-11,20H,4-5,8,12-15H2,1-3H3,(H,27,30)/t20-/m0/s1. The maximum absolute atomic E-state index is 12.9. The Morgan fingerprint density at radius 1 is 1.18 bits per heavy atom. The molecule has 0 bridgehead atoms. The Labute approximate surface area is 199 Å². The number of amides is 2. The highest BCUT2D eigenvalue weighted by Crippen LogP contribution is 2.33. The Morgan fingerprint density at radius 3 is 2.76 bits per heavy atom. The number of rotatable bonds is 8. The normalized spacial score (nSPS) is 17.2. The van der Waals surface area contributed by atoms with Gasteiger partial charge in [-0.1, -0.05) is 6.07 Å². The molecule has 8 heteroatoms. The minimum absolute atomic E-state index is 0.0154. The molecule has 2 amide bonds. The van der Waals surface area contributed by atoms with Gasteiger partial charge in [0.05, 0.1) is 11.8 Å². The van der Waals surface area contributed by atoms with Crippen LogP contribution in [0.1, 0.15) is 39.9 Å². The number of nitrogens with one attached hydrogen (secondary N) is 1. The van der Waals surface area contributed by atoms with E-state index in [0.29, 0.717) is 35.9 Å². The van der Waals surface area contributed by atoms with E-state index in [9.17, 15) is 14.4 Å². The third-order valence-corrected chi connectivity index (χ3v) is 6.20. The van der Waals surface area contributed by atoms with E-state index in [0.717, 1.165) is 29.5 Å². The van der Waals surface area contributed by atoms with Crippen molar-refractivity contribution in [3.8, 4) is 11.5 Å². The zero-order valence-electron chi connectivity index (χ0n) is 19.8. The molecular weight excluding hydrogens is 436 g/mol. The summed E-state index contributed by atoms with van der Waals surface area (Å²) in [6.07, 6.45) is 1.91. The lowest BCUT2D eigenvalue weighted by Gasteiger charge is -2.29. The van der Waals surface area contributed by atoms with E-state index in [4.69, 9.17) is 14.2 Å². The number of carbonyl (C=O) groups is 3. The van der Waals surface area contributed by atoms with Crippen LogP contribution in [0.25, 0.3) is 0 Å². The maximum Gasteiger partial charge on any atom is 0.265 e. The van der Waals surface area contributed by atoms with E-state index in [1.807, 2.05) is 26.8 Å². The summed E-state index contributed by atoms with van der Waals surface area (Å²) in [6, 6.07) is 8.85. The molecule has 0 unspecified atom stereocenters. The van der Waals surface area contributed by atoms with Gasteiger partial charge in [0.25, 0.3) is 5.91 Å². The van der Waals surface area contributed by atoms with Gasteiger partial charge in [-0.05, 0) is 74.6 Å². The predicted molar refractivity (Wildman–Crippen MR) is 127 cm³/mol. The molecule has 1 atom stereocenters. The van der Waals surface area contributed by atoms with Crippen molar-refractivity contribution in [2.75, 3.05) is 37.8 Å². The number of nitrogens with zero attached hydrogens (tertiary/aromatic N) is 1. The summed E-state index contributed by atoms with van der Waals surface area (Å²) in [7, 11) is 0. The molecule has 0 saturated carbocycles. The van der Waals surface area contributed by atoms with Crippen LogP contribution in [0.2, 0.25) is 0 Å². The number of fused-ring (bicyclic) bond motifs is 1. The first-order valence-corrected chi connectivity index (χ1v) is 11.5. The summed E-state index contributed by atoms with van der Waals surface area (Å²) >= 11 is 0. The van der Waals surface area contributed by atoms with E-state index in [1.165, 1.54) is 4.90 Å². The lowest BCUT2D eigenvalue weighted by atomic mass is 10.1. The Bertz CT molecular complexity index is 1110. The third-order valence-electron chi connectivity index (χ3n) is 6.20. The fourth-order valence-electron chi connectivity index (χ4n) is 4.16. The second-order valence-electron chi connectivity index (χ2n) is 8.81. The second kappa shape index (κ2) is 10.3. The number of aryl methyl sites for hydroxylation is 2. The first-order chi connectivity index (χ1) is 16.3. The first kappa shape index (κ1) is 23.8. The van der Waals surface area contributed by atoms with E-state index in [2.05, 4.69) is 11.4 Å². The lowest BCUT2D eigenvalue weighted by molar-refractivity contribution is -0.125. The molecule has 2 heterocycles. The molecule has 0 aromatic heterocycles. The summed E-state index contributed by atoms with van der Waals surface area (Å²) in [6.45, 7) is 6.61. The Balaban J connectivity index is 1.44. The highest BCUT2D eigenvalue weighted by Gasteiger charge is 2.29. The van der Waals surface area contributed by atoms with Crippen molar-refractivity contribution in [1.82, 2.24) is 5.32 Å². The van der Waals surface area contributed by atoms with Gasteiger partial charge in [-0.25, -0.2) is 0 Å². The number of benzene rings is 2. The van der Waals surface area contributed by atoms with Crippen molar-refractivity contribution in [2.24, 2.45) is 0 Å². The molecule has 8 nitrogen and oxygen atoms in total. The van der Waals surface area contributed by atoms with Crippen molar-refractivity contribution in [3.63, 3.8) is 0 Å². The Kier molecular flexibility index (Phi) is 7.17. The van der Waals surface area contributed by atoms with Gasteiger partial charge in [-0.15, -0.1) is 0 Å². The van der Waals surface area contributed by atoms with Gasteiger partial charge < -0.3 is 19.5 Å². The first-order valence-electron chi connectivity index (χ1n) is 11.5. The number of anilines is 1. The van der Waals surface area contributed by atoms with Crippen molar-refractivity contribution in [2.45, 2.75) is 39.7 Å². The van der Waals surface area contributed by atoms with Gasteiger partial charge in [-0.2, -0.15) is 0 Å². The van der Waals surface area contributed by atoms with E-state index < -0.39 is 0 Å². The highest BCUT2D eigenvalue weighted by molar-refractivity contribution is 6.04. The average molecular weight is 467 g/mol. The molecule has 2 aromatic carbocycles. The number of hydrogen-bond donors (Lipinski definition) is 1. The number of Topliss-reactive ketones (excluding diaryl/α,β-unsaturated/α-hetero) is 1. The average Bonchev–Trinajstić information content (AvgIpc) is 3.34. The Morgan fingerprint density at radius 2 is 2.00 bits per heavy atom. The van der Waals surface area contributed by atoms with Crippen molar-refractivity contribution in [3.05, 3.63) is 52.6 Å². The largest absolute Gasteiger partial charge is 0.485 e. The fourth-order valence-corrected chi connectivity index (χ4v) is 4.16. The van der Waals surface area contributed by atoms with Crippen LogP contribution in [0.15, 0.2) is 30.3 Å². The summed E-state index contributed by atoms with van der Waals surface area (Å²) in [4.78, 5) is 39.3. The molecule has 1 saturated heterocycles. The van der Waals surface area contributed by atoms with Crippen LogP contribution in [-0.4, -0.2) is 56.6 Å². The summed E-state index contributed by atoms with van der Waals surface area (Å²) < 4.78 is 16.8. The van der Waals surface area contributed by atoms with Gasteiger partial charge >= 0.3 is 0 Å². The third kappa shape index (κ3) is 5.39. The van der Waals surface area contributed by atoms with Crippen LogP contribution >= 0.6 is 0 Å². The summed E-state index contributed by atoms with van der Waals surface area (Å²) in [5.74, 6) is 0.261. The maximum atomic E-state index is 12.9. The van der Waals surface area contributed by atoms with Gasteiger partial charge in [-0.3, -0.25) is 19.3 Å². The molecule has 0 spiro atoms. The van der Waals surface area contributed by atoms with Crippen LogP contribution in [0.4, 0.5) is 5.69 Å². The van der Waals surface area contributed by atoms with Gasteiger partial charge in [0.1, 0.15) is 18.0 Å². The quantitative estimate of drug-likeness (QED) is 0.602. The van der Waals surface area contributed by atoms with E-state index in [-0.39, 0.29) is 43.5 Å². The molecular formula is C26H30N2O6. The van der Waals surface area contributed by atoms with Gasteiger partial charge in [0.2, 0.25) is 5.91 Å². The van der Waals surface area contributed by atoms with E-state index >= 15 is 0 Å². The zero-order valence-corrected chi connectivity index (χ0v) is 19.8. The minimum atomic E-state index is -0.341. The van der Waals surface area contributed by atoms with Crippen LogP contribution in [0.3, 0.4) is 0 Å². The number of hydrogen-bond acceptors (Lipinski definition) is 6. The molecule has 180 valence electrons. The van der Waals surface area contributed by atoms with Crippen molar-refractivity contribution < 1.29 is 28.6 Å². The molecule has 2 aliphatic heterocycles. The molecule has 1 N–H and O–H groups in total. The molecule has 2 aromatic rings. The molecule has 34 heavy (non-hydrogen) atoms. The van der Waals surface area contributed by atoms with Crippen LogP contribution in [0.5, 0.6) is 11.5 Å². The van der Waals surface area contributed by atoms with Crippen molar-refractivity contribution in [1.29, 1.82) is 0 Å². The summed E-state index contributed by atoms with van der Waals surface area (Å²) in [5.41, 5.74) is 3.92. The fraction of sp³-hybridized carbons (Fsp3) is 0.423. The molecule has 0 radical (unpaired) electrons. The SMILES string of the molecule is Cc1cc(C)c(C)c(OCC(=O)c2ccc3c(c2)N(CC(=O)NC[C@@H]2CCCO2)C(=O)CO3)c1. The predicted octanol–water partition coefficient (Wildman–Crippen LogP) is 2.89. The zero-order chi connectivity index (χ0) is 24.2. The molecule has 4 rings (SSSR count). The molecule has 2 aliphatic rings. The van der Waals surface area contributed by atoms with Crippen LogP contribution in [-0.2, 0) is 14.3 Å². The topological polar surface area (TPSA) is 94.2 Å². The second-order valence-corrected chi connectivity index (χ2v) is 8.81.